The minimum Gasteiger partial charge on any atom is -0.355 e. The fourth-order valence-corrected chi connectivity index (χ4v) is 3.06. The summed E-state index contributed by atoms with van der Waals surface area (Å²) in [5.74, 6) is -0.123. The fourth-order valence-electron chi connectivity index (χ4n) is 2.85. The fraction of sp³-hybridized carbons (Fsp3) is 0.500. The zero-order valence-corrected chi connectivity index (χ0v) is 13.5. The van der Waals surface area contributed by atoms with E-state index in [-0.39, 0.29) is 23.8 Å². The van der Waals surface area contributed by atoms with Gasteiger partial charge in [-0.2, -0.15) is 0 Å². The number of nitrogens with one attached hydrogen (secondary N) is 2. The van der Waals surface area contributed by atoms with Crippen LogP contribution in [-0.2, 0) is 4.79 Å². The van der Waals surface area contributed by atoms with Crippen LogP contribution in [0.25, 0.3) is 0 Å². The third-order valence-corrected chi connectivity index (χ3v) is 4.47. The van der Waals surface area contributed by atoms with Crippen LogP contribution in [0.15, 0.2) is 18.2 Å². The lowest BCUT2D eigenvalue weighted by atomic mass is 9.83. The summed E-state index contributed by atoms with van der Waals surface area (Å²) in [6.45, 7) is 0. The third-order valence-electron chi connectivity index (χ3n) is 4.14. The Morgan fingerprint density at radius 2 is 2.05 bits per heavy atom. The molecule has 2 rings (SSSR count). The molecule has 0 bridgehead atoms. The van der Waals surface area contributed by atoms with E-state index >= 15 is 0 Å². The third kappa shape index (κ3) is 4.21. The number of nitrogens with two attached hydrogens (primary N) is 1. The highest BCUT2D eigenvalue weighted by Gasteiger charge is 2.24. The van der Waals surface area contributed by atoms with Gasteiger partial charge in [0.25, 0.3) is 5.91 Å². The van der Waals surface area contributed by atoms with Crippen LogP contribution in [-0.4, -0.2) is 24.9 Å². The number of hydrogen-bond donors (Lipinski definition) is 3. The summed E-state index contributed by atoms with van der Waals surface area (Å²) >= 11 is 5.99. The van der Waals surface area contributed by atoms with E-state index in [0.717, 1.165) is 25.7 Å². The molecular weight excluding hydrogens is 302 g/mol. The number of carbonyl (C=O) groups excluding carboxylic acids is 2. The maximum Gasteiger partial charge on any atom is 0.252 e. The first-order chi connectivity index (χ1) is 10.5. The molecule has 1 aliphatic carbocycles. The average molecular weight is 324 g/mol. The van der Waals surface area contributed by atoms with Crippen LogP contribution >= 0.6 is 11.6 Å². The summed E-state index contributed by atoms with van der Waals surface area (Å²) in [6, 6.07) is 4.98. The van der Waals surface area contributed by atoms with Gasteiger partial charge in [-0.05, 0) is 37.0 Å². The number of halogens is 1. The monoisotopic (exact) mass is 323 g/mol. The van der Waals surface area contributed by atoms with Gasteiger partial charge in [-0.25, -0.2) is 0 Å². The molecule has 2 unspecified atom stereocenters. The van der Waals surface area contributed by atoms with Gasteiger partial charge in [-0.3, -0.25) is 9.59 Å². The Morgan fingerprint density at radius 3 is 2.73 bits per heavy atom. The van der Waals surface area contributed by atoms with E-state index in [9.17, 15) is 9.59 Å². The molecule has 0 spiro atoms. The highest BCUT2D eigenvalue weighted by Crippen LogP contribution is 2.26. The molecule has 1 fully saturated rings. The second-order valence-corrected chi connectivity index (χ2v) is 6.14. The molecule has 120 valence electrons. The van der Waals surface area contributed by atoms with Crippen LogP contribution in [0.4, 0.5) is 5.69 Å². The Kier molecular flexibility index (Phi) is 5.80. The van der Waals surface area contributed by atoms with Crippen LogP contribution in [0.1, 0.15) is 42.5 Å². The van der Waals surface area contributed by atoms with Gasteiger partial charge in [-0.15, -0.1) is 0 Å². The van der Waals surface area contributed by atoms with Crippen molar-refractivity contribution in [2.75, 3.05) is 12.4 Å². The minimum atomic E-state index is -0.282. The summed E-state index contributed by atoms with van der Waals surface area (Å²) in [7, 11) is 1.54. The molecule has 4 N–H and O–H groups in total. The number of anilines is 1. The minimum absolute atomic E-state index is 0.0764. The molecular formula is C16H22ClN3O2. The molecule has 1 aromatic rings. The van der Waals surface area contributed by atoms with E-state index in [1.54, 1.807) is 18.2 Å². The van der Waals surface area contributed by atoms with Gasteiger partial charge in [0.2, 0.25) is 5.91 Å². The zero-order chi connectivity index (χ0) is 16.1. The van der Waals surface area contributed by atoms with Crippen LogP contribution in [0, 0.1) is 5.92 Å². The van der Waals surface area contributed by atoms with Crippen molar-refractivity contribution >= 4 is 29.1 Å². The van der Waals surface area contributed by atoms with Gasteiger partial charge in [0, 0.05) is 25.2 Å². The maximum atomic E-state index is 12.2. The largest absolute Gasteiger partial charge is 0.355 e. The summed E-state index contributed by atoms with van der Waals surface area (Å²) in [5, 5.41) is 5.70. The molecule has 0 aromatic heterocycles. The van der Waals surface area contributed by atoms with Crippen molar-refractivity contribution in [3.05, 3.63) is 28.8 Å². The van der Waals surface area contributed by atoms with E-state index < -0.39 is 0 Å². The molecule has 0 radical (unpaired) electrons. The number of amides is 2. The van der Waals surface area contributed by atoms with Crippen molar-refractivity contribution in [3.63, 3.8) is 0 Å². The first-order valence-electron chi connectivity index (χ1n) is 7.58. The lowest BCUT2D eigenvalue weighted by Crippen LogP contribution is -2.35. The number of benzene rings is 1. The lowest BCUT2D eigenvalue weighted by molar-refractivity contribution is -0.117. The van der Waals surface area contributed by atoms with E-state index in [1.165, 1.54) is 7.05 Å². The van der Waals surface area contributed by atoms with E-state index in [0.29, 0.717) is 22.7 Å². The van der Waals surface area contributed by atoms with Crippen molar-refractivity contribution in [3.8, 4) is 0 Å². The molecule has 1 aliphatic rings. The maximum absolute atomic E-state index is 12.2. The van der Waals surface area contributed by atoms with Crippen LogP contribution in [0.3, 0.4) is 0 Å². The second-order valence-electron chi connectivity index (χ2n) is 5.73. The summed E-state index contributed by atoms with van der Waals surface area (Å²) in [5.41, 5.74) is 6.98. The Bertz CT molecular complexity index is 562. The molecule has 22 heavy (non-hydrogen) atoms. The highest BCUT2D eigenvalue weighted by atomic mass is 35.5. The van der Waals surface area contributed by atoms with Gasteiger partial charge in [0.05, 0.1) is 10.6 Å². The normalized spacial score (nSPS) is 21.2. The molecule has 0 aliphatic heterocycles. The first-order valence-corrected chi connectivity index (χ1v) is 7.96. The first kappa shape index (κ1) is 16.8. The Hall–Kier alpha value is -1.59. The number of rotatable bonds is 4. The average Bonchev–Trinajstić information content (AvgIpc) is 2.50. The zero-order valence-electron chi connectivity index (χ0n) is 12.7. The molecule has 2 atom stereocenters. The Morgan fingerprint density at radius 1 is 1.32 bits per heavy atom. The van der Waals surface area contributed by atoms with Crippen LogP contribution < -0.4 is 16.4 Å². The number of carbonyl (C=O) groups is 2. The molecule has 5 nitrogen and oxygen atoms in total. The van der Waals surface area contributed by atoms with Crippen molar-refractivity contribution in [2.24, 2.45) is 11.7 Å². The van der Waals surface area contributed by atoms with Crippen LogP contribution in [0.2, 0.25) is 5.02 Å². The topological polar surface area (TPSA) is 84.2 Å². The van der Waals surface area contributed by atoms with E-state index in [2.05, 4.69) is 10.6 Å². The molecule has 2 amide bonds. The molecule has 0 heterocycles. The Balaban J connectivity index is 2.00. The van der Waals surface area contributed by atoms with Crippen molar-refractivity contribution in [2.45, 2.75) is 38.1 Å². The molecule has 1 aromatic carbocycles. The smallest absolute Gasteiger partial charge is 0.252 e. The van der Waals surface area contributed by atoms with Crippen LogP contribution in [0.5, 0.6) is 0 Å². The van der Waals surface area contributed by atoms with E-state index in [4.69, 9.17) is 17.3 Å². The molecule has 6 heteroatoms. The SMILES string of the molecule is CNC(=O)c1cc(NC(=O)CC2CCCCC2N)ccc1Cl. The highest BCUT2D eigenvalue weighted by molar-refractivity contribution is 6.34. The number of hydrogen-bond acceptors (Lipinski definition) is 3. The van der Waals surface area contributed by atoms with Gasteiger partial charge in [0.1, 0.15) is 0 Å². The van der Waals surface area contributed by atoms with Crippen molar-refractivity contribution in [1.29, 1.82) is 0 Å². The molecule has 0 saturated heterocycles. The molecule has 1 saturated carbocycles. The quantitative estimate of drug-likeness (QED) is 0.796. The van der Waals surface area contributed by atoms with Gasteiger partial charge in [-0.1, -0.05) is 24.4 Å². The van der Waals surface area contributed by atoms with Gasteiger partial charge in [0.15, 0.2) is 0 Å². The van der Waals surface area contributed by atoms with Crippen molar-refractivity contribution < 1.29 is 9.59 Å². The summed E-state index contributed by atoms with van der Waals surface area (Å²) < 4.78 is 0. The summed E-state index contributed by atoms with van der Waals surface area (Å²) in [6.07, 6.45) is 4.68. The van der Waals surface area contributed by atoms with Gasteiger partial charge >= 0.3 is 0 Å². The predicted octanol–water partition coefficient (Wildman–Crippen LogP) is 2.55. The lowest BCUT2D eigenvalue weighted by Gasteiger charge is -2.27. The Labute approximate surface area is 135 Å². The second kappa shape index (κ2) is 7.61. The van der Waals surface area contributed by atoms with E-state index in [1.807, 2.05) is 0 Å². The van der Waals surface area contributed by atoms with Crippen molar-refractivity contribution in [1.82, 2.24) is 5.32 Å². The predicted molar refractivity (Wildman–Crippen MR) is 88.0 cm³/mol. The van der Waals surface area contributed by atoms with Gasteiger partial charge < -0.3 is 16.4 Å². The summed E-state index contributed by atoms with van der Waals surface area (Å²) in [4.78, 5) is 23.9. The standard InChI is InChI=1S/C16H22ClN3O2/c1-19-16(22)12-9-11(6-7-13(12)17)20-15(21)8-10-4-2-3-5-14(10)18/h6-7,9-10,14H,2-5,8,18H2,1H3,(H,19,22)(H,20,21).